The molecule has 0 aliphatic carbocycles. The summed E-state index contributed by atoms with van der Waals surface area (Å²) in [5.74, 6) is 1.97. The van der Waals surface area contributed by atoms with Crippen LogP contribution in [-0.4, -0.2) is 78.7 Å². The fourth-order valence-corrected chi connectivity index (χ4v) is 5.81. The van der Waals surface area contributed by atoms with Gasteiger partial charge in [0.25, 0.3) is 5.56 Å². The van der Waals surface area contributed by atoms with Crippen molar-refractivity contribution in [2.45, 2.75) is 32.7 Å². The number of benzene rings is 1. The summed E-state index contributed by atoms with van der Waals surface area (Å²) in [5, 5.41) is 4.08. The highest BCUT2D eigenvalue weighted by atomic mass is 32.2. The van der Waals surface area contributed by atoms with Gasteiger partial charge in [-0.1, -0.05) is 24.1 Å². The van der Waals surface area contributed by atoms with Crippen LogP contribution in [0.15, 0.2) is 64.5 Å². The molecule has 1 saturated heterocycles. The highest BCUT2D eigenvalue weighted by Gasteiger charge is 2.19. The number of anilines is 2. The van der Waals surface area contributed by atoms with E-state index in [2.05, 4.69) is 60.8 Å². The maximum absolute atomic E-state index is 14.1. The highest BCUT2D eigenvalue weighted by Crippen LogP contribution is 2.26. The molecule has 4 aromatic heterocycles. The number of rotatable bonds is 10. The Hall–Kier alpha value is -4.13. The third kappa shape index (κ3) is 6.67. The fraction of sp³-hybridized carbons (Fsp3) is 0.375. The number of hydrogen-bond acceptors (Lipinski definition) is 11. The SMILES string of the molecule is CSN(C)CCn1c(=O)c(-c2nc(-c3cnco3)ncc2C)cc2cnc(Nc3ccc(CC4CCN(C)CC4)cc3)nc21. The molecule has 12 heteroatoms. The topological polar surface area (TPSA) is 118 Å². The number of pyridine rings is 1. The molecule has 1 aliphatic rings. The molecule has 0 spiro atoms. The minimum Gasteiger partial charge on any atom is -0.440 e. The van der Waals surface area contributed by atoms with Crippen LogP contribution < -0.4 is 10.9 Å². The number of fused-ring (bicyclic) bond motifs is 1. The molecule has 5 heterocycles. The molecule has 1 aromatic carbocycles. The van der Waals surface area contributed by atoms with Crippen molar-refractivity contribution in [3.05, 3.63) is 76.8 Å². The first-order valence-electron chi connectivity index (χ1n) is 14.8. The zero-order valence-electron chi connectivity index (χ0n) is 25.5. The second kappa shape index (κ2) is 13.2. The first-order chi connectivity index (χ1) is 21.4. The number of nitrogens with one attached hydrogen (secondary N) is 1. The summed E-state index contributed by atoms with van der Waals surface area (Å²) in [6.45, 7) is 5.33. The van der Waals surface area contributed by atoms with E-state index in [0.29, 0.717) is 47.5 Å². The summed E-state index contributed by atoms with van der Waals surface area (Å²) in [5.41, 5.74) is 4.39. The number of oxazole rings is 1. The predicted molar refractivity (Wildman–Crippen MR) is 175 cm³/mol. The lowest BCUT2D eigenvalue weighted by molar-refractivity contribution is 0.219. The van der Waals surface area contributed by atoms with Crippen LogP contribution >= 0.6 is 11.9 Å². The minimum atomic E-state index is -0.180. The van der Waals surface area contributed by atoms with Gasteiger partial charge in [-0.25, -0.2) is 19.9 Å². The molecule has 228 valence electrons. The van der Waals surface area contributed by atoms with Crippen molar-refractivity contribution in [1.29, 1.82) is 0 Å². The molecule has 1 aliphatic heterocycles. The van der Waals surface area contributed by atoms with Gasteiger partial charge in [-0.05, 0) is 94.9 Å². The zero-order chi connectivity index (χ0) is 30.6. The smallest absolute Gasteiger partial charge is 0.261 e. The molecule has 1 N–H and O–H groups in total. The summed E-state index contributed by atoms with van der Waals surface area (Å²) in [6.07, 6.45) is 11.9. The Morgan fingerprint density at radius 1 is 1.09 bits per heavy atom. The fourth-order valence-electron chi connectivity index (χ4n) is 5.54. The maximum Gasteiger partial charge on any atom is 0.261 e. The molecule has 1 fully saturated rings. The second-order valence-electron chi connectivity index (χ2n) is 11.4. The number of nitrogens with zero attached hydrogens (tertiary/aromatic N) is 8. The monoisotopic (exact) mass is 611 g/mol. The van der Waals surface area contributed by atoms with Crippen LogP contribution in [0.5, 0.6) is 0 Å². The lowest BCUT2D eigenvalue weighted by Crippen LogP contribution is -2.30. The summed E-state index contributed by atoms with van der Waals surface area (Å²) >= 11 is 1.61. The number of likely N-dealkylation sites (N-methyl/N-ethyl adjacent to an activating group) is 1. The maximum atomic E-state index is 14.1. The Kier molecular flexibility index (Phi) is 9.01. The predicted octanol–water partition coefficient (Wildman–Crippen LogP) is 5.05. The summed E-state index contributed by atoms with van der Waals surface area (Å²) in [7, 11) is 4.19. The van der Waals surface area contributed by atoms with Crippen molar-refractivity contribution in [1.82, 2.24) is 38.7 Å². The van der Waals surface area contributed by atoms with Gasteiger partial charge < -0.3 is 14.6 Å². The Labute approximate surface area is 260 Å². The van der Waals surface area contributed by atoms with Crippen molar-refractivity contribution in [3.8, 4) is 22.8 Å². The van der Waals surface area contributed by atoms with Gasteiger partial charge in [0.2, 0.25) is 5.95 Å². The number of hydrogen-bond donors (Lipinski definition) is 1. The van der Waals surface area contributed by atoms with E-state index in [1.807, 2.05) is 26.3 Å². The van der Waals surface area contributed by atoms with Crippen molar-refractivity contribution >= 4 is 34.6 Å². The number of aromatic nitrogens is 6. The lowest BCUT2D eigenvalue weighted by atomic mass is 9.90. The average molecular weight is 612 g/mol. The van der Waals surface area contributed by atoms with Gasteiger partial charge in [-0.3, -0.25) is 13.7 Å². The van der Waals surface area contributed by atoms with E-state index >= 15 is 0 Å². The molecule has 6 rings (SSSR count). The van der Waals surface area contributed by atoms with Crippen LogP contribution in [0, 0.1) is 12.8 Å². The second-order valence-corrected chi connectivity index (χ2v) is 12.4. The van der Waals surface area contributed by atoms with E-state index in [1.165, 1.54) is 37.9 Å². The molecule has 0 unspecified atom stereocenters. The van der Waals surface area contributed by atoms with E-state index < -0.39 is 0 Å². The molecule has 0 radical (unpaired) electrons. The minimum absolute atomic E-state index is 0.180. The molecular formula is C32H37N9O2S. The van der Waals surface area contributed by atoms with Crippen LogP contribution in [0.1, 0.15) is 24.0 Å². The van der Waals surface area contributed by atoms with Crippen LogP contribution in [0.3, 0.4) is 0 Å². The largest absolute Gasteiger partial charge is 0.440 e. The van der Waals surface area contributed by atoms with E-state index in [1.54, 1.807) is 35.1 Å². The van der Waals surface area contributed by atoms with E-state index in [4.69, 9.17) is 14.4 Å². The zero-order valence-corrected chi connectivity index (χ0v) is 26.3. The summed E-state index contributed by atoms with van der Waals surface area (Å²) in [6, 6.07) is 10.3. The highest BCUT2D eigenvalue weighted by molar-refractivity contribution is 7.96. The first-order valence-corrected chi connectivity index (χ1v) is 16.0. The van der Waals surface area contributed by atoms with Crippen LogP contribution in [-0.2, 0) is 13.0 Å². The van der Waals surface area contributed by atoms with E-state index in [0.717, 1.165) is 29.0 Å². The number of likely N-dealkylation sites (tertiary alicyclic amines) is 1. The van der Waals surface area contributed by atoms with Crippen molar-refractivity contribution in [2.24, 2.45) is 5.92 Å². The van der Waals surface area contributed by atoms with Gasteiger partial charge >= 0.3 is 0 Å². The third-order valence-corrected chi connectivity index (χ3v) is 9.04. The lowest BCUT2D eigenvalue weighted by Gasteiger charge is -2.28. The van der Waals surface area contributed by atoms with E-state index in [-0.39, 0.29) is 5.56 Å². The Balaban J connectivity index is 1.31. The Bertz CT molecular complexity index is 1780. The third-order valence-electron chi connectivity index (χ3n) is 8.23. The van der Waals surface area contributed by atoms with Gasteiger partial charge in [0.15, 0.2) is 18.0 Å². The van der Waals surface area contributed by atoms with Gasteiger partial charge in [0, 0.05) is 36.6 Å². The van der Waals surface area contributed by atoms with Crippen LogP contribution in [0.2, 0.25) is 0 Å². The standard InChI is InChI=1S/C32H37N9O2S/c1-21-17-34-29(27-19-33-20-43-27)37-28(21)26-16-24-18-35-32(38-30(24)41(31(26)42)14-13-40(3)44-4)36-25-7-5-22(6-8-25)15-23-9-11-39(2)12-10-23/h5-8,16-20,23H,9-15H2,1-4H3,(H,35,36,38). The number of piperidine rings is 1. The average Bonchev–Trinajstić information content (AvgIpc) is 3.58. The first kappa shape index (κ1) is 29.9. The molecule has 0 amide bonds. The Morgan fingerprint density at radius 2 is 1.89 bits per heavy atom. The molecular weight excluding hydrogens is 574 g/mol. The van der Waals surface area contributed by atoms with Crippen molar-refractivity contribution in [2.75, 3.05) is 45.3 Å². The normalized spacial score (nSPS) is 14.5. The van der Waals surface area contributed by atoms with Gasteiger partial charge in [0.1, 0.15) is 5.65 Å². The molecule has 44 heavy (non-hydrogen) atoms. The molecule has 0 saturated carbocycles. The van der Waals surface area contributed by atoms with Gasteiger partial charge in [-0.2, -0.15) is 4.98 Å². The molecule has 0 bridgehead atoms. The molecule has 11 nitrogen and oxygen atoms in total. The van der Waals surface area contributed by atoms with Crippen LogP contribution in [0.4, 0.5) is 11.6 Å². The summed E-state index contributed by atoms with van der Waals surface area (Å²) < 4.78 is 9.19. The van der Waals surface area contributed by atoms with Gasteiger partial charge in [-0.15, -0.1) is 0 Å². The molecule has 0 atom stereocenters. The van der Waals surface area contributed by atoms with E-state index in [9.17, 15) is 4.79 Å². The van der Waals surface area contributed by atoms with Crippen molar-refractivity contribution in [3.63, 3.8) is 0 Å². The number of aryl methyl sites for hydroxylation is 1. The quantitative estimate of drug-likeness (QED) is 0.214. The Morgan fingerprint density at radius 3 is 2.61 bits per heavy atom. The molecule has 5 aromatic rings. The van der Waals surface area contributed by atoms with Gasteiger partial charge in [0.05, 0.1) is 17.5 Å². The van der Waals surface area contributed by atoms with Crippen LogP contribution in [0.25, 0.3) is 33.9 Å². The van der Waals surface area contributed by atoms with Crippen molar-refractivity contribution < 1.29 is 4.42 Å². The summed E-state index contributed by atoms with van der Waals surface area (Å²) in [4.78, 5) is 39.0.